The Hall–Kier alpha value is -2.80. The maximum Gasteiger partial charge on any atom is 0.416 e. The van der Waals surface area contributed by atoms with Gasteiger partial charge in [0.15, 0.2) is 0 Å². The molecule has 8 heteroatoms. The van der Waals surface area contributed by atoms with Crippen LogP contribution in [0.4, 0.5) is 30.6 Å². The molecular formula is C18H14ClF3N4. The van der Waals surface area contributed by atoms with Crippen molar-refractivity contribution in [3.05, 3.63) is 76.9 Å². The molecule has 0 saturated carbocycles. The monoisotopic (exact) mass is 378 g/mol. The van der Waals surface area contributed by atoms with E-state index in [1.165, 1.54) is 18.3 Å². The van der Waals surface area contributed by atoms with E-state index >= 15 is 0 Å². The van der Waals surface area contributed by atoms with Crippen molar-refractivity contribution < 1.29 is 13.2 Å². The molecule has 0 saturated heterocycles. The number of halogens is 4. The van der Waals surface area contributed by atoms with E-state index in [0.29, 0.717) is 17.4 Å². The maximum absolute atomic E-state index is 12.8. The molecule has 4 nitrogen and oxygen atoms in total. The van der Waals surface area contributed by atoms with Crippen LogP contribution < -0.4 is 10.6 Å². The van der Waals surface area contributed by atoms with Crippen LogP contribution in [-0.2, 0) is 12.7 Å². The van der Waals surface area contributed by atoms with Gasteiger partial charge in [0.05, 0.1) is 5.56 Å². The number of aromatic nitrogens is 2. The third-order valence-corrected chi connectivity index (χ3v) is 3.74. The van der Waals surface area contributed by atoms with Crippen molar-refractivity contribution in [3.8, 4) is 0 Å². The molecule has 0 unspecified atom stereocenters. The standard InChI is InChI=1S/C18H14ClF3N4/c19-14-6-4-12(5-7-14)11-24-16-8-9-23-17(26-16)25-15-3-1-2-13(10-15)18(20,21)22/h1-10H,11H2,(H2,23,24,25,26). The number of hydrogen-bond acceptors (Lipinski definition) is 4. The topological polar surface area (TPSA) is 49.8 Å². The van der Waals surface area contributed by atoms with Gasteiger partial charge in [-0.25, -0.2) is 4.98 Å². The molecule has 2 aromatic carbocycles. The average molecular weight is 379 g/mol. The Morgan fingerprint density at radius 3 is 2.50 bits per heavy atom. The van der Waals surface area contributed by atoms with Crippen LogP contribution in [0.2, 0.25) is 5.02 Å². The van der Waals surface area contributed by atoms with Gasteiger partial charge in [0.2, 0.25) is 5.95 Å². The molecule has 0 aliphatic carbocycles. The Morgan fingerprint density at radius 1 is 1.00 bits per heavy atom. The second-order valence-electron chi connectivity index (χ2n) is 5.45. The molecule has 0 radical (unpaired) electrons. The fraction of sp³-hybridized carbons (Fsp3) is 0.111. The predicted octanol–water partition coefficient (Wildman–Crippen LogP) is 5.50. The van der Waals surface area contributed by atoms with Crippen LogP contribution in [0.3, 0.4) is 0 Å². The van der Waals surface area contributed by atoms with Gasteiger partial charge in [-0.05, 0) is 42.0 Å². The second-order valence-corrected chi connectivity index (χ2v) is 5.89. The van der Waals surface area contributed by atoms with E-state index in [9.17, 15) is 13.2 Å². The first-order valence-corrected chi connectivity index (χ1v) is 8.03. The summed E-state index contributed by atoms with van der Waals surface area (Å²) in [6.07, 6.45) is -2.88. The van der Waals surface area contributed by atoms with E-state index in [-0.39, 0.29) is 11.6 Å². The van der Waals surface area contributed by atoms with Gasteiger partial charge in [-0.15, -0.1) is 0 Å². The van der Waals surface area contributed by atoms with Gasteiger partial charge >= 0.3 is 6.18 Å². The Balaban J connectivity index is 1.68. The Bertz CT molecular complexity index is 882. The minimum absolute atomic E-state index is 0.199. The second kappa shape index (κ2) is 7.61. The summed E-state index contributed by atoms with van der Waals surface area (Å²) in [4.78, 5) is 8.28. The summed E-state index contributed by atoms with van der Waals surface area (Å²) < 4.78 is 38.3. The largest absolute Gasteiger partial charge is 0.416 e. The molecule has 3 aromatic rings. The molecule has 0 fully saturated rings. The summed E-state index contributed by atoms with van der Waals surface area (Å²) in [5.41, 5.74) is 0.537. The summed E-state index contributed by atoms with van der Waals surface area (Å²) in [6, 6.07) is 13.9. The fourth-order valence-electron chi connectivity index (χ4n) is 2.21. The zero-order valence-corrected chi connectivity index (χ0v) is 14.1. The Kier molecular flexibility index (Phi) is 5.27. The van der Waals surface area contributed by atoms with Gasteiger partial charge in [0.1, 0.15) is 5.82 Å². The molecule has 0 atom stereocenters. The minimum Gasteiger partial charge on any atom is -0.366 e. The molecule has 0 aliphatic heterocycles. The quantitative estimate of drug-likeness (QED) is 0.615. The molecule has 1 aromatic heterocycles. The van der Waals surface area contributed by atoms with Gasteiger partial charge < -0.3 is 10.6 Å². The number of benzene rings is 2. The van der Waals surface area contributed by atoms with Gasteiger partial charge in [-0.3, -0.25) is 0 Å². The number of alkyl halides is 3. The lowest BCUT2D eigenvalue weighted by Gasteiger charge is -2.11. The minimum atomic E-state index is -4.40. The summed E-state index contributed by atoms with van der Waals surface area (Å²) in [6.45, 7) is 0.525. The van der Waals surface area contributed by atoms with Gasteiger partial charge in [0.25, 0.3) is 0 Å². The Labute approximate surface area is 153 Å². The first kappa shape index (κ1) is 18.0. The lowest BCUT2D eigenvalue weighted by atomic mass is 10.2. The predicted molar refractivity (Wildman–Crippen MR) is 95.5 cm³/mol. The van der Waals surface area contributed by atoms with Crippen molar-refractivity contribution in [1.29, 1.82) is 0 Å². The van der Waals surface area contributed by atoms with Crippen LogP contribution in [0.25, 0.3) is 0 Å². The normalized spacial score (nSPS) is 11.2. The molecular weight excluding hydrogens is 365 g/mol. The van der Waals surface area contributed by atoms with Gasteiger partial charge in [-0.1, -0.05) is 29.8 Å². The molecule has 2 N–H and O–H groups in total. The average Bonchev–Trinajstić information content (AvgIpc) is 2.61. The number of rotatable bonds is 5. The number of anilines is 3. The highest BCUT2D eigenvalue weighted by Gasteiger charge is 2.30. The highest BCUT2D eigenvalue weighted by Crippen LogP contribution is 2.31. The third kappa shape index (κ3) is 4.86. The van der Waals surface area contributed by atoms with Crippen LogP contribution in [0.1, 0.15) is 11.1 Å². The van der Waals surface area contributed by atoms with Gasteiger partial charge in [0, 0.05) is 23.5 Å². The highest BCUT2D eigenvalue weighted by molar-refractivity contribution is 6.30. The molecule has 26 heavy (non-hydrogen) atoms. The number of hydrogen-bond donors (Lipinski definition) is 2. The Morgan fingerprint density at radius 2 is 1.77 bits per heavy atom. The smallest absolute Gasteiger partial charge is 0.366 e. The van der Waals surface area contributed by atoms with E-state index in [1.807, 2.05) is 12.1 Å². The lowest BCUT2D eigenvalue weighted by Crippen LogP contribution is -2.06. The lowest BCUT2D eigenvalue weighted by molar-refractivity contribution is -0.137. The van der Waals surface area contributed by atoms with Crippen LogP contribution in [-0.4, -0.2) is 9.97 Å². The third-order valence-electron chi connectivity index (χ3n) is 3.49. The first-order chi connectivity index (χ1) is 12.4. The molecule has 3 rings (SSSR count). The van der Waals surface area contributed by atoms with Crippen LogP contribution >= 0.6 is 11.6 Å². The van der Waals surface area contributed by atoms with E-state index in [2.05, 4.69) is 20.6 Å². The van der Waals surface area contributed by atoms with Crippen molar-refractivity contribution >= 4 is 29.1 Å². The number of nitrogens with one attached hydrogen (secondary N) is 2. The van der Waals surface area contributed by atoms with Crippen molar-refractivity contribution in [1.82, 2.24) is 9.97 Å². The fourth-order valence-corrected chi connectivity index (χ4v) is 2.34. The van der Waals surface area contributed by atoms with Crippen LogP contribution in [0.15, 0.2) is 60.8 Å². The van der Waals surface area contributed by atoms with Crippen LogP contribution in [0, 0.1) is 0 Å². The van der Waals surface area contributed by atoms with Crippen molar-refractivity contribution in [3.63, 3.8) is 0 Å². The molecule has 134 valence electrons. The molecule has 0 aliphatic rings. The van der Waals surface area contributed by atoms with E-state index in [1.54, 1.807) is 18.2 Å². The first-order valence-electron chi connectivity index (χ1n) is 7.66. The van der Waals surface area contributed by atoms with Gasteiger partial charge in [-0.2, -0.15) is 18.2 Å². The summed E-state index contributed by atoms with van der Waals surface area (Å²) >= 11 is 5.85. The molecule has 1 heterocycles. The van der Waals surface area contributed by atoms with Crippen molar-refractivity contribution in [2.45, 2.75) is 12.7 Å². The molecule has 0 bridgehead atoms. The zero-order valence-electron chi connectivity index (χ0n) is 13.4. The van der Waals surface area contributed by atoms with E-state index in [4.69, 9.17) is 11.6 Å². The van der Waals surface area contributed by atoms with Crippen LogP contribution in [0.5, 0.6) is 0 Å². The SMILES string of the molecule is FC(F)(F)c1cccc(Nc2nccc(NCc3ccc(Cl)cc3)n2)c1. The number of nitrogens with zero attached hydrogens (tertiary/aromatic N) is 2. The molecule has 0 amide bonds. The molecule has 0 spiro atoms. The summed E-state index contributed by atoms with van der Waals surface area (Å²) in [7, 11) is 0. The summed E-state index contributed by atoms with van der Waals surface area (Å²) in [5.74, 6) is 0.745. The van der Waals surface area contributed by atoms with E-state index < -0.39 is 11.7 Å². The van der Waals surface area contributed by atoms with Crippen molar-refractivity contribution in [2.24, 2.45) is 0 Å². The summed E-state index contributed by atoms with van der Waals surface area (Å²) in [5, 5.41) is 6.57. The zero-order chi connectivity index (χ0) is 18.6. The van der Waals surface area contributed by atoms with Crippen molar-refractivity contribution in [2.75, 3.05) is 10.6 Å². The highest BCUT2D eigenvalue weighted by atomic mass is 35.5. The maximum atomic E-state index is 12.8. The van der Waals surface area contributed by atoms with E-state index in [0.717, 1.165) is 17.7 Å².